The van der Waals surface area contributed by atoms with Crippen molar-refractivity contribution in [2.24, 2.45) is 17.2 Å². The molecule has 0 unspecified atom stereocenters. The van der Waals surface area contributed by atoms with Crippen LogP contribution in [0.1, 0.15) is 5.56 Å². The van der Waals surface area contributed by atoms with Crippen molar-refractivity contribution in [3.8, 4) is 0 Å². The van der Waals surface area contributed by atoms with Gasteiger partial charge < -0.3 is 0 Å². The van der Waals surface area contributed by atoms with Crippen LogP contribution in [-0.4, -0.2) is 23.0 Å². The summed E-state index contributed by atoms with van der Waals surface area (Å²) in [4.78, 5) is 2.72. The molecule has 0 saturated carbocycles. The maximum Gasteiger partial charge on any atom is 0.392 e. The lowest BCUT2D eigenvalue weighted by atomic mass is 10.2. The lowest BCUT2D eigenvalue weighted by Gasteiger charge is -1.99. The minimum atomic E-state index is 0.108. The molecule has 1 aromatic carbocycles. The van der Waals surface area contributed by atoms with E-state index < -0.39 is 0 Å². The van der Waals surface area contributed by atoms with Crippen molar-refractivity contribution in [2.75, 3.05) is 6.54 Å². The van der Waals surface area contributed by atoms with E-state index in [-0.39, 0.29) is 5.96 Å². The van der Waals surface area contributed by atoms with Crippen molar-refractivity contribution < 1.29 is 9.57 Å². The molecular weight excluding hydrogens is 190 g/mol. The Morgan fingerprint density at radius 1 is 1.20 bits per heavy atom. The summed E-state index contributed by atoms with van der Waals surface area (Å²) in [7, 11) is 0. The molecule has 1 aromatic rings. The Balaban J connectivity index is 2.47. The first-order chi connectivity index (χ1) is 7.18. The highest BCUT2D eigenvalue weighted by molar-refractivity contribution is 5.76. The second kappa shape index (κ2) is 3.61. The Bertz CT molecular complexity index is 443. The number of nitrogens with two attached hydrogens (primary N) is 3. The van der Waals surface area contributed by atoms with Crippen molar-refractivity contribution in [1.29, 1.82) is 0 Å². The first-order valence-electron chi connectivity index (χ1n) is 4.81. The van der Waals surface area contributed by atoms with Crippen LogP contribution in [0.2, 0.25) is 0 Å². The maximum absolute atomic E-state index is 5.85. The molecule has 0 bridgehead atoms. The fourth-order valence-electron chi connectivity index (χ4n) is 1.80. The van der Waals surface area contributed by atoms with Crippen LogP contribution in [0.3, 0.4) is 0 Å². The van der Waals surface area contributed by atoms with Crippen LogP contribution in [0.15, 0.2) is 24.3 Å². The van der Waals surface area contributed by atoms with Gasteiger partial charge in [-0.15, -0.1) is 0 Å². The molecule has 7 N–H and O–H groups in total. The van der Waals surface area contributed by atoms with E-state index in [2.05, 4.69) is 11.1 Å². The number of hydrogen-bond donors (Lipinski definition) is 4. The summed E-state index contributed by atoms with van der Waals surface area (Å²) in [6, 6.07) is 8.14. The normalized spacial score (nSPS) is 17.1. The number of nitrogens with zero attached hydrogens (tertiary/aromatic N) is 1. The monoisotopic (exact) mass is 205 g/mol. The first kappa shape index (κ1) is 9.51. The molecule has 2 rings (SSSR count). The van der Waals surface area contributed by atoms with Crippen molar-refractivity contribution in [1.82, 2.24) is 0 Å². The zero-order valence-electron chi connectivity index (χ0n) is 8.40. The molecule has 1 heterocycles. The number of benzene rings is 1. The highest BCUT2D eigenvalue weighted by atomic mass is 15.2. The smallest absolute Gasteiger partial charge is 0.275 e. The van der Waals surface area contributed by atoms with Crippen LogP contribution in [0.25, 0.3) is 0 Å². The van der Waals surface area contributed by atoms with E-state index in [1.54, 1.807) is 0 Å². The van der Waals surface area contributed by atoms with Gasteiger partial charge in [-0.2, -0.15) is 4.99 Å². The van der Waals surface area contributed by atoms with Crippen molar-refractivity contribution in [2.45, 2.75) is 6.42 Å². The quantitative estimate of drug-likeness (QED) is 0.215. The number of rotatable bonds is 0. The number of guanidine groups is 2. The van der Waals surface area contributed by atoms with Crippen LogP contribution in [0, 0.1) is 0 Å². The predicted molar refractivity (Wildman–Crippen MR) is 58.5 cm³/mol. The Morgan fingerprint density at radius 3 is 2.67 bits per heavy atom. The Hall–Kier alpha value is -2.04. The number of para-hydroxylation sites is 1. The van der Waals surface area contributed by atoms with Crippen molar-refractivity contribution in [3.63, 3.8) is 0 Å². The van der Waals surface area contributed by atoms with Crippen LogP contribution in [0.5, 0.6) is 0 Å². The molecule has 5 nitrogen and oxygen atoms in total. The lowest BCUT2D eigenvalue weighted by Crippen LogP contribution is -2.86. The number of fused-ring (bicyclic) bond motifs is 1. The summed E-state index contributed by atoms with van der Waals surface area (Å²) in [5.41, 5.74) is 18.9. The molecule has 78 valence electrons. The lowest BCUT2D eigenvalue weighted by molar-refractivity contribution is -0.501. The summed E-state index contributed by atoms with van der Waals surface area (Å²) in [5, 5.41) is 0. The molecule has 0 amide bonds. The molecule has 15 heavy (non-hydrogen) atoms. The molecule has 0 atom stereocenters. The van der Waals surface area contributed by atoms with Crippen molar-refractivity contribution >= 4 is 17.6 Å². The maximum atomic E-state index is 5.85. The van der Waals surface area contributed by atoms with Gasteiger partial charge in [-0.3, -0.25) is 17.2 Å². The van der Waals surface area contributed by atoms with Gasteiger partial charge in [0.2, 0.25) is 0 Å². The van der Waals surface area contributed by atoms with Gasteiger partial charge in [-0.1, -0.05) is 18.2 Å². The van der Waals surface area contributed by atoms with E-state index in [0.717, 1.165) is 18.7 Å². The first-order valence-corrected chi connectivity index (χ1v) is 4.81. The van der Waals surface area contributed by atoms with Gasteiger partial charge in [-0.05, 0) is 11.6 Å². The van der Waals surface area contributed by atoms with Gasteiger partial charge in [0.1, 0.15) is 5.69 Å². The van der Waals surface area contributed by atoms with E-state index in [9.17, 15) is 0 Å². The SMILES string of the molecule is NC(N)=[NH+]C(N)=[N+]1CCc2ccccc21. The largest absolute Gasteiger partial charge is 0.392 e. The zero-order chi connectivity index (χ0) is 10.8. The summed E-state index contributed by atoms with van der Waals surface area (Å²) >= 11 is 0. The number of hydrogen-bond acceptors (Lipinski definition) is 0. The molecule has 0 aliphatic carbocycles. The fourth-order valence-corrected chi connectivity index (χ4v) is 1.80. The van der Waals surface area contributed by atoms with Gasteiger partial charge in [0.25, 0.3) is 0 Å². The van der Waals surface area contributed by atoms with Crippen LogP contribution < -0.4 is 22.2 Å². The fraction of sp³-hybridized carbons (Fsp3) is 0.200. The Kier molecular flexibility index (Phi) is 2.29. The van der Waals surface area contributed by atoms with Gasteiger partial charge in [0.05, 0.1) is 6.54 Å². The molecular formula is C10H15N5+2. The van der Waals surface area contributed by atoms with Crippen LogP contribution >= 0.6 is 0 Å². The summed E-state index contributed by atoms with van der Waals surface area (Å²) in [5.74, 6) is 0.580. The average molecular weight is 205 g/mol. The highest BCUT2D eigenvalue weighted by Gasteiger charge is 2.21. The van der Waals surface area contributed by atoms with E-state index in [4.69, 9.17) is 17.2 Å². The summed E-state index contributed by atoms with van der Waals surface area (Å²) in [6.07, 6.45) is 0.989. The van der Waals surface area contributed by atoms with E-state index in [0.29, 0.717) is 5.96 Å². The van der Waals surface area contributed by atoms with E-state index in [1.165, 1.54) is 5.56 Å². The van der Waals surface area contributed by atoms with E-state index in [1.807, 2.05) is 22.8 Å². The molecule has 1 aliphatic heterocycles. The number of nitrogens with one attached hydrogen (secondary N) is 1. The minimum Gasteiger partial charge on any atom is -0.275 e. The Morgan fingerprint density at radius 2 is 1.93 bits per heavy atom. The van der Waals surface area contributed by atoms with Gasteiger partial charge in [0.15, 0.2) is 0 Å². The summed E-state index contributed by atoms with van der Waals surface area (Å²) < 4.78 is 1.97. The molecule has 1 aliphatic rings. The van der Waals surface area contributed by atoms with Crippen LogP contribution in [0.4, 0.5) is 5.69 Å². The third kappa shape index (κ3) is 1.76. The van der Waals surface area contributed by atoms with Gasteiger partial charge >= 0.3 is 11.9 Å². The molecule has 0 radical (unpaired) electrons. The molecule has 0 aromatic heterocycles. The van der Waals surface area contributed by atoms with Gasteiger partial charge in [-0.25, -0.2) is 4.58 Å². The standard InChI is InChI=1S/C10H13N5/c11-9(12)14-10(13)15-6-5-7-3-1-2-4-8(7)15/h1-4H,5-6H2,(H5,11,12,13,14)/p+2. The second-order valence-corrected chi connectivity index (χ2v) is 3.50. The zero-order valence-corrected chi connectivity index (χ0v) is 8.40. The third-order valence-electron chi connectivity index (χ3n) is 2.45. The Labute approximate surface area is 87.9 Å². The van der Waals surface area contributed by atoms with E-state index >= 15 is 0 Å². The molecule has 0 saturated heterocycles. The third-order valence-corrected chi connectivity index (χ3v) is 2.45. The molecule has 0 fully saturated rings. The molecule has 5 heteroatoms. The minimum absolute atomic E-state index is 0.108. The van der Waals surface area contributed by atoms with Gasteiger partial charge in [0, 0.05) is 6.42 Å². The highest BCUT2D eigenvalue weighted by Crippen LogP contribution is 2.24. The summed E-state index contributed by atoms with van der Waals surface area (Å²) in [6.45, 7) is 0.853. The van der Waals surface area contributed by atoms with Crippen molar-refractivity contribution in [3.05, 3.63) is 29.8 Å². The predicted octanol–water partition coefficient (Wildman–Crippen LogP) is -2.44. The molecule has 0 spiro atoms. The topological polar surface area (TPSA) is 95.0 Å². The average Bonchev–Trinajstić information content (AvgIpc) is 2.59. The second-order valence-electron chi connectivity index (χ2n) is 3.50. The van der Waals surface area contributed by atoms with Crippen LogP contribution in [-0.2, 0) is 6.42 Å².